The van der Waals surface area contributed by atoms with Gasteiger partial charge in [-0.3, -0.25) is 9.69 Å². The first kappa shape index (κ1) is 18.7. The van der Waals surface area contributed by atoms with Crippen LogP contribution in [0.3, 0.4) is 0 Å². The second-order valence-electron chi connectivity index (χ2n) is 7.44. The number of nitrogens with zero attached hydrogens (tertiary/aromatic N) is 2. The number of carbonyl (C=O) groups is 1. The fraction of sp³-hybridized carbons (Fsp3) is 0.944. The van der Waals surface area contributed by atoms with Gasteiger partial charge >= 0.3 is 5.97 Å². The third-order valence-electron chi connectivity index (χ3n) is 5.17. The Morgan fingerprint density at radius 3 is 2.30 bits per heavy atom. The molecular formula is C18H34N2O3. The van der Waals surface area contributed by atoms with Crippen LogP contribution in [0.15, 0.2) is 0 Å². The molecular weight excluding hydrogens is 292 g/mol. The summed E-state index contributed by atoms with van der Waals surface area (Å²) in [4.78, 5) is 15.6. The van der Waals surface area contributed by atoms with Gasteiger partial charge in [-0.15, -0.1) is 0 Å². The second kappa shape index (κ2) is 9.60. The Balaban J connectivity index is 1.55. The second-order valence-corrected chi connectivity index (χ2v) is 7.44. The van der Waals surface area contributed by atoms with Crippen LogP contribution in [0.25, 0.3) is 0 Å². The molecule has 2 aliphatic rings. The van der Waals surface area contributed by atoms with Crippen molar-refractivity contribution in [3.05, 3.63) is 0 Å². The minimum absolute atomic E-state index is 0.312. The van der Waals surface area contributed by atoms with E-state index >= 15 is 0 Å². The van der Waals surface area contributed by atoms with Crippen LogP contribution >= 0.6 is 0 Å². The van der Waals surface area contributed by atoms with Crippen molar-refractivity contribution < 1.29 is 14.6 Å². The number of piperidine rings is 1. The van der Waals surface area contributed by atoms with Crippen molar-refractivity contribution >= 4 is 5.97 Å². The summed E-state index contributed by atoms with van der Waals surface area (Å²) in [6.45, 7) is 11.2. The average molecular weight is 326 g/mol. The fourth-order valence-electron chi connectivity index (χ4n) is 3.94. The molecule has 0 saturated carbocycles. The summed E-state index contributed by atoms with van der Waals surface area (Å²) in [7, 11) is 0. The van der Waals surface area contributed by atoms with Gasteiger partial charge < -0.3 is 14.7 Å². The van der Waals surface area contributed by atoms with Crippen LogP contribution in [-0.4, -0.2) is 72.4 Å². The lowest BCUT2D eigenvalue weighted by Crippen LogP contribution is -2.46. The van der Waals surface area contributed by atoms with Crippen LogP contribution in [-0.2, 0) is 9.53 Å². The molecule has 0 amide bonds. The van der Waals surface area contributed by atoms with Gasteiger partial charge in [-0.25, -0.2) is 0 Å². The van der Waals surface area contributed by atoms with E-state index in [1.54, 1.807) is 0 Å². The Labute approximate surface area is 141 Å². The van der Waals surface area contributed by atoms with Crippen molar-refractivity contribution in [2.75, 3.05) is 39.3 Å². The Morgan fingerprint density at radius 2 is 1.70 bits per heavy atom. The smallest absolute Gasteiger partial charge is 0.303 e. The SMILES string of the molecule is CC1CN(CCC2CCN(CCCCC(=O)O)CC2)CC(C)O1. The van der Waals surface area contributed by atoms with E-state index in [-0.39, 0.29) is 0 Å². The highest BCUT2D eigenvalue weighted by Crippen LogP contribution is 2.22. The largest absolute Gasteiger partial charge is 0.481 e. The van der Waals surface area contributed by atoms with Gasteiger partial charge in [-0.05, 0) is 78.0 Å². The molecule has 2 aliphatic heterocycles. The lowest BCUT2D eigenvalue weighted by Gasteiger charge is -2.37. The van der Waals surface area contributed by atoms with Gasteiger partial charge in [0.2, 0.25) is 0 Å². The number of likely N-dealkylation sites (tertiary alicyclic amines) is 1. The fourth-order valence-corrected chi connectivity index (χ4v) is 3.94. The molecule has 2 saturated heterocycles. The van der Waals surface area contributed by atoms with Gasteiger partial charge in [-0.2, -0.15) is 0 Å². The quantitative estimate of drug-likeness (QED) is 0.694. The Morgan fingerprint density at radius 1 is 1.04 bits per heavy atom. The zero-order valence-corrected chi connectivity index (χ0v) is 14.9. The number of aliphatic carboxylic acids is 1. The number of morpholine rings is 1. The molecule has 5 heteroatoms. The molecule has 0 aromatic carbocycles. The standard InChI is InChI=1S/C18H34N2O3/c1-15-13-20(14-16(2)23-15)12-8-17-6-10-19(11-7-17)9-4-3-5-18(21)22/h15-17H,3-14H2,1-2H3,(H,21,22). The molecule has 2 unspecified atom stereocenters. The first-order chi connectivity index (χ1) is 11.0. The van der Waals surface area contributed by atoms with Crippen molar-refractivity contribution in [3.63, 3.8) is 0 Å². The highest BCUT2D eigenvalue weighted by Gasteiger charge is 2.24. The molecule has 0 radical (unpaired) electrons. The van der Waals surface area contributed by atoms with Crippen molar-refractivity contribution in [1.82, 2.24) is 9.80 Å². The van der Waals surface area contributed by atoms with Crippen molar-refractivity contribution in [2.24, 2.45) is 5.92 Å². The summed E-state index contributed by atoms with van der Waals surface area (Å²) in [5.74, 6) is 0.189. The maximum absolute atomic E-state index is 10.5. The van der Waals surface area contributed by atoms with Crippen LogP contribution in [0.2, 0.25) is 0 Å². The maximum atomic E-state index is 10.5. The van der Waals surface area contributed by atoms with Gasteiger partial charge in [0.25, 0.3) is 0 Å². The zero-order valence-electron chi connectivity index (χ0n) is 14.9. The van der Waals surface area contributed by atoms with Crippen molar-refractivity contribution in [3.8, 4) is 0 Å². The van der Waals surface area contributed by atoms with Crippen LogP contribution < -0.4 is 0 Å². The van der Waals surface area contributed by atoms with E-state index in [1.807, 2.05) is 0 Å². The van der Waals surface area contributed by atoms with Crippen molar-refractivity contribution in [2.45, 2.75) is 64.6 Å². The topological polar surface area (TPSA) is 53.0 Å². The third-order valence-corrected chi connectivity index (χ3v) is 5.17. The van der Waals surface area contributed by atoms with Crippen molar-refractivity contribution in [1.29, 1.82) is 0 Å². The molecule has 1 N–H and O–H groups in total. The van der Waals surface area contributed by atoms with E-state index < -0.39 is 5.97 Å². The van der Waals surface area contributed by atoms with E-state index in [9.17, 15) is 4.79 Å². The summed E-state index contributed by atoms with van der Waals surface area (Å²) < 4.78 is 5.80. The van der Waals surface area contributed by atoms with Crippen LogP contribution in [0.4, 0.5) is 0 Å². The van der Waals surface area contributed by atoms with E-state index in [4.69, 9.17) is 9.84 Å². The minimum Gasteiger partial charge on any atom is -0.481 e. The average Bonchev–Trinajstić information content (AvgIpc) is 2.49. The minimum atomic E-state index is -0.671. The number of rotatable bonds is 8. The Hall–Kier alpha value is -0.650. The molecule has 0 aliphatic carbocycles. The molecule has 0 bridgehead atoms. The van der Waals surface area contributed by atoms with Gasteiger partial charge in [0.15, 0.2) is 0 Å². The number of unbranched alkanes of at least 4 members (excludes halogenated alkanes) is 1. The molecule has 5 nitrogen and oxygen atoms in total. The maximum Gasteiger partial charge on any atom is 0.303 e. The summed E-state index contributed by atoms with van der Waals surface area (Å²) >= 11 is 0. The number of hydrogen-bond donors (Lipinski definition) is 1. The predicted molar refractivity (Wildman–Crippen MR) is 91.7 cm³/mol. The van der Waals surface area contributed by atoms with Gasteiger partial charge in [0.1, 0.15) is 0 Å². The monoisotopic (exact) mass is 326 g/mol. The van der Waals surface area contributed by atoms with Gasteiger partial charge in [0, 0.05) is 19.5 Å². The summed E-state index contributed by atoms with van der Waals surface area (Å²) in [5.41, 5.74) is 0. The molecule has 0 spiro atoms. The summed E-state index contributed by atoms with van der Waals surface area (Å²) in [5, 5.41) is 8.66. The first-order valence-electron chi connectivity index (χ1n) is 9.35. The lowest BCUT2D eigenvalue weighted by molar-refractivity contribution is -0.137. The predicted octanol–water partition coefficient (Wildman–Crippen LogP) is 2.45. The number of carboxylic acid groups (broad SMARTS) is 1. The molecule has 2 rings (SSSR count). The van der Waals surface area contributed by atoms with Gasteiger partial charge in [0.05, 0.1) is 12.2 Å². The van der Waals surface area contributed by atoms with E-state index in [0.29, 0.717) is 18.6 Å². The molecule has 23 heavy (non-hydrogen) atoms. The van der Waals surface area contributed by atoms with Gasteiger partial charge in [-0.1, -0.05) is 0 Å². The normalized spacial score (nSPS) is 28.1. The molecule has 0 aromatic rings. The molecule has 134 valence electrons. The Bertz CT molecular complexity index is 346. The van der Waals surface area contributed by atoms with E-state index in [2.05, 4.69) is 23.6 Å². The number of carboxylic acids is 1. The highest BCUT2D eigenvalue weighted by atomic mass is 16.5. The number of ether oxygens (including phenoxy) is 1. The number of hydrogen-bond acceptors (Lipinski definition) is 4. The van der Waals surface area contributed by atoms with Crippen LogP contribution in [0.5, 0.6) is 0 Å². The van der Waals surface area contributed by atoms with E-state index in [1.165, 1.54) is 38.9 Å². The molecule has 2 atom stereocenters. The molecule has 2 fully saturated rings. The van der Waals surface area contributed by atoms with Crippen LogP contribution in [0, 0.1) is 5.92 Å². The van der Waals surface area contributed by atoms with Crippen LogP contribution in [0.1, 0.15) is 52.4 Å². The summed E-state index contributed by atoms with van der Waals surface area (Å²) in [6.07, 6.45) is 6.78. The zero-order chi connectivity index (χ0) is 16.7. The first-order valence-corrected chi connectivity index (χ1v) is 9.35. The summed E-state index contributed by atoms with van der Waals surface area (Å²) in [6, 6.07) is 0. The Kier molecular flexibility index (Phi) is 7.80. The lowest BCUT2D eigenvalue weighted by atomic mass is 9.93. The molecule has 2 heterocycles. The molecule has 0 aromatic heterocycles. The third kappa shape index (κ3) is 7.19. The van der Waals surface area contributed by atoms with E-state index in [0.717, 1.165) is 38.4 Å². The highest BCUT2D eigenvalue weighted by molar-refractivity contribution is 5.66.